The first-order valence-corrected chi connectivity index (χ1v) is 41.7. The number of halogens is 8. The lowest BCUT2D eigenvalue weighted by Crippen LogP contribution is -2.45. The predicted octanol–water partition coefficient (Wildman–Crippen LogP) is 16.9. The zero-order valence-electron chi connectivity index (χ0n) is 66.4. The van der Waals surface area contributed by atoms with E-state index in [9.17, 15) is 62.4 Å². The molecule has 8 aromatic rings. The number of alkyl halides is 6. The zero-order chi connectivity index (χ0) is 85.5. The molecule has 0 unspecified atom stereocenters. The molecule has 12 rings (SSSR count). The fraction of sp³-hybridized carbons (Fsp3) is 0.475. The van der Waals surface area contributed by atoms with Crippen LogP contribution in [0.1, 0.15) is 167 Å². The topological polar surface area (TPSA) is 332 Å². The molecule has 2 saturated heterocycles. The highest BCUT2D eigenvalue weighted by molar-refractivity contribution is 7.90. The van der Waals surface area contributed by atoms with Crippen molar-refractivity contribution < 1.29 is 86.4 Å². The lowest BCUT2D eigenvalue weighted by molar-refractivity contribution is -0.190. The number of amides is 3. The third kappa shape index (κ3) is 23.5. The first-order valence-electron chi connectivity index (χ1n) is 37.9. The van der Waals surface area contributed by atoms with Crippen molar-refractivity contribution in [3.8, 4) is 23.4 Å². The number of carbonyl (C=O) groups is 4. The number of nitrogens with zero attached hydrogens (tertiary/aromatic N) is 12. The quantitative estimate of drug-likeness (QED) is 0.0318. The van der Waals surface area contributed by atoms with Gasteiger partial charge in [0.25, 0.3) is 26.0 Å². The molecule has 0 radical (unpaired) electrons. The summed E-state index contributed by atoms with van der Waals surface area (Å²) in [6, 6.07) is 36.8. The van der Waals surface area contributed by atoms with Crippen molar-refractivity contribution in [2.24, 2.45) is 27.8 Å². The number of aromatic nitrogens is 8. The number of primary sulfonamides is 1. The van der Waals surface area contributed by atoms with Gasteiger partial charge in [0.2, 0.25) is 11.8 Å². The smallest absolute Gasteiger partial charge is 0.410 e. The summed E-state index contributed by atoms with van der Waals surface area (Å²) < 4.78 is 156. The Morgan fingerprint density at radius 1 is 0.547 bits per heavy atom. The van der Waals surface area contributed by atoms with Crippen molar-refractivity contribution >= 4 is 90.3 Å². The van der Waals surface area contributed by atoms with Crippen LogP contribution in [0, 0.1) is 22.7 Å². The van der Waals surface area contributed by atoms with E-state index >= 15 is 0 Å². The van der Waals surface area contributed by atoms with Crippen molar-refractivity contribution in [2.45, 2.75) is 191 Å². The maximum absolute atomic E-state index is 13.5. The summed E-state index contributed by atoms with van der Waals surface area (Å²) in [5, 5.41) is 21.4. The minimum absolute atomic E-state index is 0.0774. The number of hydrogen-bond donors (Lipinski definition) is 3. The van der Waals surface area contributed by atoms with E-state index < -0.39 is 71.3 Å². The van der Waals surface area contributed by atoms with E-state index in [1.807, 2.05) is 135 Å². The number of nitrogens with two attached hydrogens (primary N) is 1. The first-order chi connectivity index (χ1) is 54.6. The van der Waals surface area contributed by atoms with Crippen LogP contribution in [0.2, 0.25) is 10.3 Å². The number of rotatable bonds is 27. The molecule has 37 heteroatoms. The Morgan fingerprint density at radius 2 is 0.940 bits per heavy atom. The average molecular weight is 1710 g/mol. The molecule has 0 bridgehead atoms. The van der Waals surface area contributed by atoms with Crippen molar-refractivity contribution in [3.05, 3.63) is 167 Å². The van der Waals surface area contributed by atoms with Crippen LogP contribution in [0.25, 0.3) is 11.6 Å². The van der Waals surface area contributed by atoms with Crippen LogP contribution in [0.5, 0.6) is 11.8 Å². The van der Waals surface area contributed by atoms with Gasteiger partial charge in [0, 0.05) is 73.2 Å². The van der Waals surface area contributed by atoms with E-state index in [-0.39, 0.29) is 131 Å². The Balaban J connectivity index is 0.000000206. The summed E-state index contributed by atoms with van der Waals surface area (Å²) in [4.78, 5) is 74.2. The number of aromatic carboxylic acids is 1. The molecular formula is C80H96Cl2F6N14O13S2. The first kappa shape index (κ1) is 89.5. The summed E-state index contributed by atoms with van der Waals surface area (Å²) in [6.45, 7) is 21.5. The standard InChI is InChI=1S/C40H47ClF3N7O6S.C25H36N4O4S.C15H13ClF3N3O3/c1-37(2,3)57-36(53)50-26-27(25-38(50,4)5)11-10-22-49(28-12-7-6-8-13-28)30-14-9-15-33(45-30)58(54,55)48-35(52)29-16-17-31(46-34(29)41)51-23-18-32(47-51)56-24-21-39(19-20-39)40(42,43)44;1-24(2,3)33-23(30)29-18-19(17-25(29,4)5)11-10-16-28(20-12-7-6-8-13-20)21-14-9-15-22(27-21)34(26,31)32;16-12-9(13(23)24)1-2-10(20-12)22-7-3-11(21-22)25-8-6-14(4-5-14)15(17,18)19/h6-9,12-18,23,27H,10-11,19-22,24-26H2,1-5H3,(H,48,52);6-9,12-15,19H,10-11,16-18H2,1-5H3,(H2,26,31,32);1-3,7H,4-6,8H2,(H,23,24)/t27-;19-;/m00./s1. The van der Waals surface area contributed by atoms with E-state index in [1.54, 1.807) is 29.2 Å². The number of benzene rings is 2. The van der Waals surface area contributed by atoms with Gasteiger partial charge in [-0.2, -0.15) is 34.8 Å². The monoisotopic (exact) mass is 1710 g/mol. The molecule has 2 atom stereocenters. The number of likely N-dealkylation sites (tertiary alicyclic amines) is 2. The highest BCUT2D eigenvalue weighted by Gasteiger charge is 2.63. The van der Waals surface area contributed by atoms with Crippen molar-refractivity contribution in [1.29, 1.82) is 0 Å². The second kappa shape index (κ2) is 35.8. The number of para-hydroxylation sites is 2. The van der Waals surface area contributed by atoms with Crippen LogP contribution in [-0.4, -0.2) is 169 Å². The van der Waals surface area contributed by atoms with Gasteiger partial charge in [0.1, 0.15) is 33.1 Å². The number of hydrogen-bond acceptors (Lipinski definition) is 20. The number of anilines is 4. The highest BCUT2D eigenvalue weighted by atomic mass is 35.5. The van der Waals surface area contributed by atoms with Crippen LogP contribution >= 0.6 is 23.2 Å². The van der Waals surface area contributed by atoms with Gasteiger partial charge in [-0.3, -0.25) is 4.79 Å². The van der Waals surface area contributed by atoms with Gasteiger partial charge < -0.3 is 43.7 Å². The van der Waals surface area contributed by atoms with Gasteiger partial charge in [-0.05, 0) is 231 Å². The Bertz CT molecular complexity index is 5060. The lowest BCUT2D eigenvalue weighted by Gasteiger charge is -2.33. The molecule has 4 N–H and O–H groups in total. The molecule has 117 heavy (non-hydrogen) atoms. The van der Waals surface area contributed by atoms with E-state index in [1.165, 1.54) is 70.3 Å². The number of carbonyl (C=O) groups excluding carboxylic acids is 3. The number of carboxylic acid groups (broad SMARTS) is 1. The molecule has 2 aromatic carbocycles. The molecule has 632 valence electrons. The molecule has 0 spiro atoms. The number of sulfonamides is 2. The number of pyridine rings is 4. The van der Waals surface area contributed by atoms with Gasteiger partial charge in [-0.15, -0.1) is 10.2 Å². The van der Waals surface area contributed by atoms with Crippen molar-refractivity contribution in [2.75, 3.05) is 49.2 Å². The minimum Gasteiger partial charge on any atom is -0.478 e. The minimum atomic E-state index is -4.50. The Kier molecular flexibility index (Phi) is 27.4. The molecule has 2 aliphatic heterocycles. The summed E-state index contributed by atoms with van der Waals surface area (Å²) in [5.41, 5.74) is -3.74. The van der Waals surface area contributed by atoms with E-state index in [0.717, 1.165) is 43.5 Å². The van der Waals surface area contributed by atoms with Crippen molar-refractivity contribution in [1.82, 2.24) is 54.0 Å². The average Bonchev–Trinajstić information content (AvgIpc) is 1.62. The summed E-state index contributed by atoms with van der Waals surface area (Å²) in [7, 11) is -8.40. The van der Waals surface area contributed by atoms with Crippen LogP contribution < -0.4 is 29.1 Å². The third-order valence-electron chi connectivity index (χ3n) is 20.3. The van der Waals surface area contributed by atoms with Gasteiger partial charge in [0.15, 0.2) is 21.7 Å². The van der Waals surface area contributed by atoms with Gasteiger partial charge in [0.05, 0.1) is 35.2 Å². The summed E-state index contributed by atoms with van der Waals surface area (Å²) in [6.07, 6.45) is -1.02. The molecular weight excluding hydrogens is 1610 g/mol. The SMILES string of the molecule is CC(C)(C)OC(=O)N1C[C@@H](CCCN(c2ccccc2)c2cccc(S(=O)(=O)NC(=O)c3ccc(-n4ccc(OCCC5(C(F)(F)F)CC5)n4)nc3Cl)n2)CC1(C)C.CC(C)(C)OC(=O)N1C[C@@H](CCCN(c2ccccc2)c2cccc(S(N)(=O)=O)n2)CC1(C)C.O=C(O)c1ccc(-n2ccc(OCCC3(C(F)(F)F)CC3)n2)nc1Cl. The van der Waals surface area contributed by atoms with Crippen molar-refractivity contribution in [3.63, 3.8) is 0 Å². The Hall–Kier alpha value is -9.84. The normalized spacial score (nSPS) is 17.3. The van der Waals surface area contributed by atoms with Gasteiger partial charge in [-0.1, -0.05) is 71.7 Å². The van der Waals surface area contributed by atoms with E-state index in [2.05, 4.69) is 44.0 Å². The second-order valence-electron chi connectivity index (χ2n) is 32.6. The van der Waals surface area contributed by atoms with Crippen LogP contribution in [-0.2, 0) is 29.5 Å². The predicted molar refractivity (Wildman–Crippen MR) is 425 cm³/mol. The van der Waals surface area contributed by atoms with Crippen LogP contribution in [0.4, 0.5) is 58.9 Å². The highest BCUT2D eigenvalue weighted by Crippen LogP contribution is 2.61. The molecule has 4 fully saturated rings. The maximum Gasteiger partial charge on any atom is 0.410 e. The van der Waals surface area contributed by atoms with Crippen LogP contribution in [0.15, 0.2) is 156 Å². The largest absolute Gasteiger partial charge is 0.478 e. The fourth-order valence-corrected chi connectivity index (χ4v) is 15.8. The third-order valence-corrected chi connectivity index (χ3v) is 23.0. The molecule has 8 heterocycles. The zero-order valence-corrected chi connectivity index (χ0v) is 69.5. The summed E-state index contributed by atoms with van der Waals surface area (Å²) >= 11 is 12.1. The fourth-order valence-electron chi connectivity index (χ4n) is 13.9. The number of ether oxygens (including phenoxy) is 4. The second-order valence-corrected chi connectivity index (χ2v) is 36.5. The van der Waals surface area contributed by atoms with Crippen LogP contribution in [0.3, 0.4) is 0 Å². The molecule has 27 nitrogen and oxygen atoms in total. The summed E-state index contributed by atoms with van der Waals surface area (Å²) in [5.74, 6) is -0.139. The lowest BCUT2D eigenvalue weighted by atomic mass is 9.93. The van der Waals surface area contributed by atoms with E-state index in [4.69, 9.17) is 52.4 Å². The number of nitrogens with one attached hydrogen (secondary N) is 1. The maximum atomic E-state index is 13.5. The molecule has 6 aromatic heterocycles. The molecule has 3 amide bonds. The molecule has 4 aliphatic rings. The molecule has 2 saturated carbocycles. The van der Waals surface area contributed by atoms with Gasteiger partial charge in [-0.25, -0.2) is 62.0 Å². The van der Waals surface area contributed by atoms with E-state index in [0.29, 0.717) is 50.2 Å². The molecule has 2 aliphatic carbocycles. The Morgan fingerprint density at radius 3 is 1.31 bits per heavy atom. The van der Waals surface area contributed by atoms with Gasteiger partial charge >= 0.3 is 30.5 Å². The Labute approximate surface area is 685 Å². The number of carboxylic acids is 1.